The van der Waals surface area contributed by atoms with Crippen molar-refractivity contribution in [3.63, 3.8) is 0 Å². The third-order valence-corrected chi connectivity index (χ3v) is 6.02. The molecule has 0 aliphatic heterocycles. The Hall–Kier alpha value is -2.12. The normalized spacial score (nSPS) is 12.3. The zero-order valence-corrected chi connectivity index (χ0v) is 18.1. The molecule has 5 nitrogen and oxygen atoms in total. The van der Waals surface area contributed by atoms with Crippen LogP contribution in [-0.4, -0.2) is 29.5 Å². The van der Waals surface area contributed by atoms with Crippen molar-refractivity contribution in [2.45, 2.75) is 44.4 Å². The van der Waals surface area contributed by atoms with Gasteiger partial charge >= 0.3 is 5.97 Å². The second kappa shape index (κ2) is 9.89. The van der Waals surface area contributed by atoms with Crippen LogP contribution >= 0.6 is 23.1 Å². The molecular weight excluding hydrogens is 394 g/mol. The third-order valence-electron chi connectivity index (χ3n) is 3.97. The third kappa shape index (κ3) is 6.49. The lowest BCUT2D eigenvalue weighted by molar-refractivity contribution is -0.129. The number of hydrogen-bond acceptors (Lipinski definition) is 6. The molecule has 150 valence electrons. The topological polar surface area (TPSA) is 72.5 Å². The molecule has 0 radical (unpaired) electrons. The minimum atomic E-state index is -0.566. The number of rotatable bonds is 8. The number of esters is 1. The van der Waals surface area contributed by atoms with Gasteiger partial charge in [0, 0.05) is 15.2 Å². The maximum Gasteiger partial charge on any atom is 0.339 e. The smallest absolute Gasteiger partial charge is 0.339 e. The Kier molecular flexibility index (Phi) is 7.83. The molecule has 0 saturated carbocycles. The van der Waals surface area contributed by atoms with Crippen molar-refractivity contribution < 1.29 is 19.1 Å². The van der Waals surface area contributed by atoms with E-state index in [2.05, 4.69) is 5.32 Å². The van der Waals surface area contributed by atoms with Gasteiger partial charge in [0.1, 0.15) is 0 Å². The number of carbonyl (C=O) groups excluding carboxylic acids is 3. The van der Waals surface area contributed by atoms with Crippen molar-refractivity contribution in [3.05, 3.63) is 52.2 Å². The van der Waals surface area contributed by atoms with Crippen LogP contribution in [0.25, 0.3) is 0 Å². The van der Waals surface area contributed by atoms with E-state index in [0.29, 0.717) is 17.0 Å². The van der Waals surface area contributed by atoms with Crippen LogP contribution < -0.4 is 5.32 Å². The first-order valence-corrected chi connectivity index (χ1v) is 10.7. The van der Waals surface area contributed by atoms with Gasteiger partial charge in [-0.25, -0.2) is 4.79 Å². The summed E-state index contributed by atoms with van der Waals surface area (Å²) in [4.78, 5) is 38.5. The van der Waals surface area contributed by atoms with Crippen LogP contribution in [-0.2, 0) is 20.9 Å². The van der Waals surface area contributed by atoms with E-state index in [1.165, 1.54) is 11.8 Å². The summed E-state index contributed by atoms with van der Waals surface area (Å²) in [6.07, 6.45) is 0. The molecule has 2 rings (SSSR count). The van der Waals surface area contributed by atoms with Gasteiger partial charge in [0.15, 0.2) is 12.4 Å². The van der Waals surface area contributed by atoms with Crippen LogP contribution in [0.3, 0.4) is 0 Å². The number of carbonyl (C=O) groups is 3. The predicted molar refractivity (Wildman–Crippen MR) is 113 cm³/mol. The predicted octanol–water partition coefficient (Wildman–Crippen LogP) is 4.32. The molecule has 1 unspecified atom stereocenters. The molecule has 1 amide bonds. The fourth-order valence-electron chi connectivity index (χ4n) is 2.14. The van der Waals surface area contributed by atoms with Crippen LogP contribution in [0.15, 0.2) is 46.7 Å². The molecule has 0 spiro atoms. The first-order valence-electron chi connectivity index (χ1n) is 8.94. The molecule has 2 aromatic rings. The maximum atomic E-state index is 12.4. The van der Waals surface area contributed by atoms with Gasteiger partial charge in [0.05, 0.1) is 17.4 Å². The highest BCUT2D eigenvalue weighted by molar-refractivity contribution is 8.00. The molecule has 1 atom stereocenters. The zero-order valence-electron chi connectivity index (χ0n) is 16.5. The Morgan fingerprint density at radius 3 is 2.50 bits per heavy atom. The summed E-state index contributed by atoms with van der Waals surface area (Å²) in [7, 11) is 0. The SMILES string of the molecule is CC(Sc1ccccc1C(=O)OCC(=O)C(C)(C)C)C(=O)NCc1cccs1. The van der Waals surface area contributed by atoms with Gasteiger partial charge < -0.3 is 10.1 Å². The first-order chi connectivity index (χ1) is 13.2. The minimum Gasteiger partial charge on any atom is -0.454 e. The Morgan fingerprint density at radius 2 is 1.86 bits per heavy atom. The largest absolute Gasteiger partial charge is 0.454 e. The van der Waals surface area contributed by atoms with Gasteiger partial charge in [0.25, 0.3) is 0 Å². The fourth-order valence-corrected chi connectivity index (χ4v) is 3.79. The molecule has 1 aromatic heterocycles. The Morgan fingerprint density at radius 1 is 1.14 bits per heavy atom. The van der Waals surface area contributed by atoms with E-state index in [9.17, 15) is 14.4 Å². The quantitative estimate of drug-likeness (QED) is 0.510. The van der Waals surface area contributed by atoms with E-state index in [1.807, 2.05) is 17.5 Å². The van der Waals surface area contributed by atoms with Gasteiger partial charge in [-0.3, -0.25) is 9.59 Å². The average Bonchev–Trinajstić information content (AvgIpc) is 3.17. The van der Waals surface area contributed by atoms with E-state index >= 15 is 0 Å². The lowest BCUT2D eigenvalue weighted by Crippen LogP contribution is -2.30. The Balaban J connectivity index is 1.97. The van der Waals surface area contributed by atoms with Crippen LogP contribution in [0.2, 0.25) is 0 Å². The van der Waals surface area contributed by atoms with Crippen LogP contribution in [0.5, 0.6) is 0 Å². The van der Waals surface area contributed by atoms with Crippen LogP contribution in [0.1, 0.15) is 42.9 Å². The van der Waals surface area contributed by atoms with Crippen molar-refractivity contribution in [2.24, 2.45) is 5.41 Å². The standard InChI is InChI=1S/C21H25NO4S2/c1-14(19(24)22-12-15-8-7-11-27-15)28-17-10-6-5-9-16(17)20(25)26-13-18(23)21(2,3)4/h5-11,14H,12-13H2,1-4H3,(H,22,24). The number of Topliss-reactive ketones (excluding diaryl/α,β-unsaturated/α-hetero) is 1. The van der Waals surface area contributed by atoms with E-state index in [4.69, 9.17) is 4.74 Å². The highest BCUT2D eigenvalue weighted by atomic mass is 32.2. The Bertz CT molecular complexity index is 825. The molecule has 1 heterocycles. The van der Waals surface area contributed by atoms with E-state index in [1.54, 1.807) is 63.3 Å². The molecule has 7 heteroatoms. The number of benzene rings is 1. The second-order valence-electron chi connectivity index (χ2n) is 7.30. The molecule has 0 saturated heterocycles. The minimum absolute atomic E-state index is 0.107. The molecule has 0 aliphatic rings. The lowest BCUT2D eigenvalue weighted by Gasteiger charge is -2.17. The zero-order chi connectivity index (χ0) is 20.7. The molecular formula is C21H25NO4S2. The van der Waals surface area contributed by atoms with E-state index < -0.39 is 11.4 Å². The van der Waals surface area contributed by atoms with Gasteiger partial charge in [-0.2, -0.15) is 0 Å². The Labute approximate surface area is 173 Å². The monoisotopic (exact) mass is 419 g/mol. The number of hydrogen-bond donors (Lipinski definition) is 1. The number of amides is 1. The number of thioether (sulfide) groups is 1. The molecule has 0 fully saturated rings. The summed E-state index contributed by atoms with van der Waals surface area (Å²) in [5.41, 5.74) is -0.212. The van der Waals surface area contributed by atoms with Gasteiger partial charge in [-0.15, -0.1) is 23.1 Å². The van der Waals surface area contributed by atoms with Crippen molar-refractivity contribution in [3.8, 4) is 0 Å². The number of ether oxygens (including phenoxy) is 1. The van der Waals surface area contributed by atoms with E-state index in [0.717, 1.165) is 4.88 Å². The average molecular weight is 420 g/mol. The van der Waals surface area contributed by atoms with Gasteiger partial charge in [-0.05, 0) is 30.5 Å². The molecule has 0 bridgehead atoms. The van der Waals surface area contributed by atoms with Crippen LogP contribution in [0, 0.1) is 5.41 Å². The summed E-state index contributed by atoms with van der Waals surface area (Å²) in [6, 6.07) is 10.9. The van der Waals surface area contributed by atoms with Gasteiger partial charge in [-0.1, -0.05) is 39.0 Å². The highest BCUT2D eigenvalue weighted by Crippen LogP contribution is 2.28. The van der Waals surface area contributed by atoms with Crippen molar-refractivity contribution in [1.82, 2.24) is 5.32 Å². The lowest BCUT2D eigenvalue weighted by atomic mass is 9.91. The van der Waals surface area contributed by atoms with E-state index in [-0.39, 0.29) is 23.5 Å². The number of ketones is 1. The number of nitrogens with one attached hydrogen (secondary N) is 1. The van der Waals surface area contributed by atoms with Crippen LogP contribution in [0.4, 0.5) is 0 Å². The van der Waals surface area contributed by atoms with Crippen molar-refractivity contribution in [2.75, 3.05) is 6.61 Å². The first kappa shape index (κ1) is 22.2. The fraction of sp³-hybridized carbons (Fsp3) is 0.381. The summed E-state index contributed by atoms with van der Waals surface area (Å²) in [6.45, 7) is 7.36. The number of thiophene rings is 1. The maximum absolute atomic E-state index is 12.4. The van der Waals surface area contributed by atoms with Gasteiger partial charge in [0.2, 0.25) is 5.91 Å². The highest BCUT2D eigenvalue weighted by Gasteiger charge is 2.24. The molecule has 0 aliphatic carbocycles. The summed E-state index contributed by atoms with van der Waals surface area (Å²) >= 11 is 2.88. The van der Waals surface area contributed by atoms with Crippen molar-refractivity contribution in [1.29, 1.82) is 0 Å². The molecule has 28 heavy (non-hydrogen) atoms. The summed E-state index contributed by atoms with van der Waals surface area (Å²) in [5, 5.41) is 4.48. The molecule has 1 aromatic carbocycles. The molecule has 1 N–H and O–H groups in total. The second-order valence-corrected chi connectivity index (χ2v) is 9.72. The summed E-state index contributed by atoms with van der Waals surface area (Å²) < 4.78 is 5.19. The van der Waals surface area contributed by atoms with Crippen molar-refractivity contribution >= 4 is 40.8 Å². The summed E-state index contributed by atoms with van der Waals surface area (Å²) in [5.74, 6) is -0.816.